The largest absolute Gasteiger partial charge is 0.309 e. The first-order valence-electron chi connectivity index (χ1n) is 6.61. The van der Waals surface area contributed by atoms with Crippen LogP contribution in [0.1, 0.15) is 23.2 Å². The minimum Gasteiger partial charge on any atom is -0.309 e. The number of rotatable bonds is 8. The fourth-order valence-corrected chi connectivity index (χ4v) is 1.87. The second-order valence-electron chi connectivity index (χ2n) is 5.14. The SMILES string of the molecule is CN(C)CCCN(C)CCC(=O)c1cccc(F)c1. The lowest BCUT2D eigenvalue weighted by atomic mass is 10.1. The van der Waals surface area contributed by atoms with Gasteiger partial charge in [-0.3, -0.25) is 4.79 Å². The van der Waals surface area contributed by atoms with Gasteiger partial charge in [0.05, 0.1) is 0 Å². The number of carbonyl (C=O) groups excluding carboxylic acids is 1. The van der Waals surface area contributed by atoms with E-state index in [1.807, 2.05) is 21.1 Å². The Morgan fingerprint density at radius 2 is 1.89 bits per heavy atom. The topological polar surface area (TPSA) is 23.6 Å². The van der Waals surface area contributed by atoms with Crippen molar-refractivity contribution in [2.45, 2.75) is 12.8 Å². The monoisotopic (exact) mass is 266 g/mol. The third-order valence-corrected chi connectivity index (χ3v) is 3.01. The molecule has 0 aliphatic rings. The fraction of sp³-hybridized carbons (Fsp3) is 0.533. The molecule has 0 bridgehead atoms. The Kier molecular flexibility index (Phi) is 6.67. The molecule has 19 heavy (non-hydrogen) atoms. The molecule has 3 nitrogen and oxygen atoms in total. The molecule has 0 amide bonds. The molecule has 106 valence electrons. The van der Waals surface area contributed by atoms with Gasteiger partial charge < -0.3 is 9.80 Å². The molecular weight excluding hydrogens is 243 g/mol. The number of hydrogen-bond acceptors (Lipinski definition) is 3. The van der Waals surface area contributed by atoms with E-state index in [4.69, 9.17) is 0 Å². The molecule has 0 unspecified atom stereocenters. The quantitative estimate of drug-likeness (QED) is 0.674. The van der Waals surface area contributed by atoms with Crippen LogP contribution in [0.5, 0.6) is 0 Å². The average Bonchev–Trinajstić information content (AvgIpc) is 2.35. The number of hydrogen-bond donors (Lipinski definition) is 0. The Morgan fingerprint density at radius 1 is 1.16 bits per heavy atom. The lowest BCUT2D eigenvalue weighted by Gasteiger charge is -2.17. The lowest BCUT2D eigenvalue weighted by molar-refractivity contribution is 0.0968. The van der Waals surface area contributed by atoms with Crippen molar-refractivity contribution in [3.63, 3.8) is 0 Å². The van der Waals surface area contributed by atoms with E-state index in [2.05, 4.69) is 9.80 Å². The third-order valence-electron chi connectivity index (χ3n) is 3.01. The second kappa shape index (κ2) is 8.02. The van der Waals surface area contributed by atoms with E-state index in [0.717, 1.165) is 19.5 Å². The smallest absolute Gasteiger partial charge is 0.164 e. The predicted octanol–water partition coefficient (Wildman–Crippen LogP) is 2.28. The summed E-state index contributed by atoms with van der Waals surface area (Å²) in [5, 5.41) is 0. The van der Waals surface area contributed by atoms with Crippen molar-refractivity contribution in [3.05, 3.63) is 35.6 Å². The van der Waals surface area contributed by atoms with Crippen LogP contribution in [-0.2, 0) is 0 Å². The van der Waals surface area contributed by atoms with Gasteiger partial charge in [0.15, 0.2) is 5.78 Å². The molecule has 0 aliphatic heterocycles. The highest BCUT2D eigenvalue weighted by Crippen LogP contribution is 2.07. The van der Waals surface area contributed by atoms with Crippen molar-refractivity contribution in [1.82, 2.24) is 9.80 Å². The summed E-state index contributed by atoms with van der Waals surface area (Å²) in [6.07, 6.45) is 1.51. The van der Waals surface area contributed by atoms with Crippen LogP contribution in [0.25, 0.3) is 0 Å². The van der Waals surface area contributed by atoms with Crippen molar-refractivity contribution in [2.75, 3.05) is 40.8 Å². The van der Waals surface area contributed by atoms with Crippen LogP contribution in [0, 0.1) is 5.82 Å². The van der Waals surface area contributed by atoms with Gasteiger partial charge in [0.2, 0.25) is 0 Å². The summed E-state index contributed by atoms with van der Waals surface area (Å²) in [5.41, 5.74) is 0.460. The summed E-state index contributed by atoms with van der Waals surface area (Å²) in [4.78, 5) is 16.2. The summed E-state index contributed by atoms with van der Waals surface area (Å²) in [6, 6.07) is 5.89. The summed E-state index contributed by atoms with van der Waals surface area (Å²) < 4.78 is 13.0. The van der Waals surface area contributed by atoms with Crippen LogP contribution in [0.4, 0.5) is 4.39 Å². The molecule has 0 aliphatic carbocycles. The Labute approximate surface area is 115 Å². The van der Waals surface area contributed by atoms with E-state index in [1.54, 1.807) is 12.1 Å². The molecular formula is C15H23FN2O. The van der Waals surface area contributed by atoms with E-state index in [-0.39, 0.29) is 11.6 Å². The van der Waals surface area contributed by atoms with Crippen molar-refractivity contribution in [2.24, 2.45) is 0 Å². The van der Waals surface area contributed by atoms with Gasteiger partial charge in [-0.2, -0.15) is 0 Å². The second-order valence-corrected chi connectivity index (χ2v) is 5.14. The van der Waals surface area contributed by atoms with Gasteiger partial charge in [-0.05, 0) is 52.8 Å². The van der Waals surface area contributed by atoms with Gasteiger partial charge in [0.1, 0.15) is 5.82 Å². The molecule has 0 saturated carbocycles. The lowest BCUT2D eigenvalue weighted by Crippen LogP contribution is -2.26. The van der Waals surface area contributed by atoms with E-state index in [1.165, 1.54) is 12.1 Å². The molecule has 1 aromatic rings. The normalized spacial score (nSPS) is 11.3. The molecule has 1 rings (SSSR count). The molecule has 0 N–H and O–H groups in total. The van der Waals surface area contributed by atoms with Crippen LogP contribution >= 0.6 is 0 Å². The summed E-state index contributed by atoms with van der Waals surface area (Å²) >= 11 is 0. The molecule has 0 fully saturated rings. The van der Waals surface area contributed by atoms with Crippen molar-refractivity contribution < 1.29 is 9.18 Å². The highest BCUT2D eigenvalue weighted by Gasteiger charge is 2.08. The van der Waals surface area contributed by atoms with Gasteiger partial charge in [-0.1, -0.05) is 12.1 Å². The molecule has 1 aromatic carbocycles. The summed E-state index contributed by atoms with van der Waals surface area (Å²) in [5.74, 6) is -0.357. The van der Waals surface area contributed by atoms with Gasteiger partial charge in [0, 0.05) is 18.5 Å². The third kappa shape index (κ3) is 6.45. The first-order valence-corrected chi connectivity index (χ1v) is 6.61. The Hall–Kier alpha value is -1.26. The van der Waals surface area contributed by atoms with Gasteiger partial charge >= 0.3 is 0 Å². The first kappa shape index (κ1) is 15.8. The minimum atomic E-state index is -0.356. The predicted molar refractivity (Wildman–Crippen MR) is 76.0 cm³/mol. The maximum atomic E-state index is 13.0. The highest BCUT2D eigenvalue weighted by atomic mass is 19.1. The molecule has 0 radical (unpaired) electrons. The molecule has 0 atom stereocenters. The number of halogens is 1. The Bertz CT molecular complexity index is 407. The fourth-order valence-electron chi connectivity index (χ4n) is 1.87. The zero-order valence-electron chi connectivity index (χ0n) is 12.0. The van der Waals surface area contributed by atoms with Gasteiger partial charge in [0.25, 0.3) is 0 Å². The number of ketones is 1. The maximum Gasteiger partial charge on any atom is 0.164 e. The number of carbonyl (C=O) groups is 1. The molecule has 0 saturated heterocycles. The van der Waals surface area contributed by atoms with Crippen LogP contribution in [-0.4, -0.2) is 56.4 Å². The first-order chi connectivity index (χ1) is 8.99. The number of benzene rings is 1. The van der Waals surface area contributed by atoms with Gasteiger partial charge in [-0.25, -0.2) is 4.39 Å². The van der Waals surface area contributed by atoms with E-state index in [0.29, 0.717) is 18.5 Å². The molecule has 0 heterocycles. The van der Waals surface area contributed by atoms with E-state index >= 15 is 0 Å². The average molecular weight is 266 g/mol. The van der Waals surface area contributed by atoms with Crippen molar-refractivity contribution >= 4 is 5.78 Å². The Morgan fingerprint density at radius 3 is 2.53 bits per heavy atom. The van der Waals surface area contributed by atoms with Crippen molar-refractivity contribution in [1.29, 1.82) is 0 Å². The Balaban J connectivity index is 2.30. The van der Waals surface area contributed by atoms with E-state index < -0.39 is 0 Å². The zero-order valence-corrected chi connectivity index (χ0v) is 12.0. The number of nitrogens with zero attached hydrogens (tertiary/aromatic N) is 2. The zero-order chi connectivity index (χ0) is 14.3. The number of Topliss-reactive ketones (excluding diaryl/α,β-unsaturated/α-hetero) is 1. The van der Waals surface area contributed by atoms with E-state index in [9.17, 15) is 9.18 Å². The van der Waals surface area contributed by atoms with Gasteiger partial charge in [-0.15, -0.1) is 0 Å². The van der Waals surface area contributed by atoms with Crippen molar-refractivity contribution in [3.8, 4) is 0 Å². The maximum absolute atomic E-state index is 13.0. The summed E-state index contributed by atoms with van der Waals surface area (Å²) in [7, 11) is 6.11. The standard InChI is InChI=1S/C15H23FN2O/c1-17(2)9-5-10-18(3)11-8-15(19)13-6-4-7-14(16)12-13/h4,6-7,12H,5,8-11H2,1-3H3. The summed E-state index contributed by atoms with van der Waals surface area (Å²) in [6.45, 7) is 2.72. The minimum absolute atomic E-state index is 0.000963. The molecule has 0 spiro atoms. The van der Waals surface area contributed by atoms with Crippen LogP contribution < -0.4 is 0 Å². The molecule has 0 aromatic heterocycles. The van der Waals surface area contributed by atoms with Crippen LogP contribution in [0.2, 0.25) is 0 Å². The van der Waals surface area contributed by atoms with Crippen LogP contribution in [0.3, 0.4) is 0 Å². The van der Waals surface area contributed by atoms with Crippen LogP contribution in [0.15, 0.2) is 24.3 Å². The molecule has 4 heteroatoms. The highest BCUT2D eigenvalue weighted by molar-refractivity contribution is 5.96.